The van der Waals surface area contributed by atoms with Crippen molar-refractivity contribution < 1.29 is 23.9 Å². The van der Waals surface area contributed by atoms with Crippen LogP contribution in [0.15, 0.2) is 41.2 Å². The monoisotopic (exact) mass is 624 g/mol. The molecule has 1 fully saturated rings. The Labute approximate surface area is 224 Å². The number of nitrogens with zero attached hydrogens (tertiary/aromatic N) is 5. The Hall–Kier alpha value is -2.81. The highest BCUT2D eigenvalue weighted by molar-refractivity contribution is 14.1. The zero-order valence-electron chi connectivity index (χ0n) is 19.3. The second-order valence-corrected chi connectivity index (χ2v) is 9.82. The van der Waals surface area contributed by atoms with Gasteiger partial charge in [-0.25, -0.2) is 4.98 Å². The Morgan fingerprint density at radius 3 is 2.89 bits per heavy atom. The summed E-state index contributed by atoms with van der Waals surface area (Å²) in [5, 5.41) is 18.4. The van der Waals surface area contributed by atoms with Crippen LogP contribution in [0.5, 0.6) is 0 Å². The van der Waals surface area contributed by atoms with Gasteiger partial charge in [-0.05, 0) is 58.3 Å². The number of carbonyl (C=O) groups is 1. The van der Waals surface area contributed by atoms with E-state index < -0.39 is 30.5 Å². The number of aryl methyl sites for hydroxylation is 1. The Kier molecular flexibility index (Phi) is 7.10. The highest BCUT2D eigenvalue weighted by Gasteiger charge is 2.50. The number of nitrogens with one attached hydrogen (secondary N) is 1. The van der Waals surface area contributed by atoms with Crippen molar-refractivity contribution in [3.63, 3.8) is 0 Å². The van der Waals surface area contributed by atoms with Crippen LogP contribution in [0.2, 0.25) is 5.28 Å². The molecule has 0 bridgehead atoms. The van der Waals surface area contributed by atoms with Crippen molar-refractivity contribution in [2.45, 2.75) is 51.4 Å². The molecule has 0 radical (unpaired) electrons. The quantitative estimate of drug-likeness (QED) is 0.177. The van der Waals surface area contributed by atoms with E-state index in [1.54, 1.807) is 6.07 Å². The Morgan fingerprint density at radius 1 is 1.33 bits per heavy atom. The van der Waals surface area contributed by atoms with Crippen LogP contribution < -0.4 is 5.32 Å². The topological polar surface area (TPSA) is 137 Å². The molecule has 0 unspecified atom stereocenters. The molecule has 1 aromatic carbocycles. The first kappa shape index (κ1) is 24.9. The number of ether oxygens (including phenoxy) is 2. The normalized spacial score (nSPS) is 21.7. The van der Waals surface area contributed by atoms with E-state index in [9.17, 15) is 9.90 Å². The largest absolute Gasteiger partial charge is 0.456 e. The smallest absolute Gasteiger partial charge is 0.303 e. The lowest BCUT2D eigenvalue weighted by Gasteiger charge is -2.19. The third kappa shape index (κ3) is 4.90. The van der Waals surface area contributed by atoms with Crippen molar-refractivity contribution in [1.29, 1.82) is 0 Å². The van der Waals surface area contributed by atoms with Gasteiger partial charge in [0.25, 0.3) is 0 Å². The number of benzene rings is 1. The number of aliphatic hydroxyl groups excluding tert-OH is 1. The standard InChI is InChI=1S/C23H22ClIN6O5/c1-3-14-8-15(36-30-14)18-19(34-11(2)32)17(33)22(35-18)31-10-27-16-20(28-23(24)29-21(16)31)26-9-12-5-4-6-13(25)7-12/h4-8,10,17-19,22,33H,3,9H2,1-2H3,(H,26,28,29)/t17-,18-,19+,22-/m1/s1. The third-order valence-electron chi connectivity index (χ3n) is 5.75. The summed E-state index contributed by atoms with van der Waals surface area (Å²) in [5.41, 5.74) is 2.56. The lowest BCUT2D eigenvalue weighted by atomic mass is 10.1. The number of fused-ring (bicyclic) bond motifs is 1. The van der Waals surface area contributed by atoms with Gasteiger partial charge in [-0.3, -0.25) is 9.36 Å². The molecular weight excluding hydrogens is 603 g/mol. The molecule has 13 heteroatoms. The van der Waals surface area contributed by atoms with Crippen LogP contribution >= 0.6 is 34.2 Å². The number of hydrogen-bond donors (Lipinski definition) is 2. The fraction of sp³-hybridized carbons (Fsp3) is 0.348. The van der Waals surface area contributed by atoms with E-state index in [1.165, 1.54) is 17.8 Å². The Balaban J connectivity index is 1.47. The number of carbonyl (C=O) groups excluding carboxylic acids is 1. The molecule has 1 saturated heterocycles. The van der Waals surface area contributed by atoms with Crippen molar-refractivity contribution in [2.24, 2.45) is 0 Å². The molecule has 2 N–H and O–H groups in total. The van der Waals surface area contributed by atoms with Crippen LogP contribution in [0.3, 0.4) is 0 Å². The summed E-state index contributed by atoms with van der Waals surface area (Å²) in [4.78, 5) is 24.9. The van der Waals surface area contributed by atoms with Crippen molar-refractivity contribution >= 4 is 57.1 Å². The number of aliphatic hydroxyl groups is 1. The minimum absolute atomic E-state index is 0.00205. The molecule has 0 aliphatic carbocycles. The van der Waals surface area contributed by atoms with Crippen molar-refractivity contribution in [1.82, 2.24) is 24.7 Å². The zero-order chi connectivity index (χ0) is 25.4. The number of aromatic nitrogens is 5. The van der Waals surface area contributed by atoms with E-state index in [1.807, 2.05) is 25.1 Å². The summed E-state index contributed by atoms with van der Waals surface area (Å²) in [7, 11) is 0. The van der Waals surface area contributed by atoms with Crippen LogP contribution in [0.25, 0.3) is 11.2 Å². The molecule has 1 aliphatic rings. The molecule has 4 atom stereocenters. The van der Waals surface area contributed by atoms with Crippen LogP contribution in [-0.2, 0) is 27.2 Å². The SMILES string of the molecule is CCc1cc([C@H]2O[C@@H](n3cnc4c(NCc5cccc(I)c5)nc(Cl)nc43)[C@H](O)[C@@H]2OC(C)=O)on1. The summed E-state index contributed by atoms with van der Waals surface area (Å²) >= 11 is 8.50. The molecule has 0 spiro atoms. The van der Waals surface area contributed by atoms with E-state index in [0.717, 1.165) is 9.13 Å². The maximum absolute atomic E-state index is 11.8. The molecular formula is C23H22ClIN6O5. The highest BCUT2D eigenvalue weighted by Crippen LogP contribution is 2.42. The number of imidazole rings is 1. The van der Waals surface area contributed by atoms with E-state index >= 15 is 0 Å². The number of halogens is 2. The van der Waals surface area contributed by atoms with Gasteiger partial charge in [-0.1, -0.05) is 24.2 Å². The van der Waals surface area contributed by atoms with Gasteiger partial charge in [0, 0.05) is 23.1 Å². The summed E-state index contributed by atoms with van der Waals surface area (Å²) < 4.78 is 19.6. The molecule has 0 saturated carbocycles. The van der Waals surface area contributed by atoms with Gasteiger partial charge in [0.15, 0.2) is 41.2 Å². The van der Waals surface area contributed by atoms with Crippen molar-refractivity contribution in [3.05, 3.63) is 62.5 Å². The van der Waals surface area contributed by atoms with Gasteiger partial charge in [0.05, 0.1) is 12.0 Å². The molecule has 188 valence electrons. The molecule has 0 amide bonds. The molecule has 1 aliphatic heterocycles. The van der Waals surface area contributed by atoms with Gasteiger partial charge >= 0.3 is 5.97 Å². The van der Waals surface area contributed by atoms with E-state index in [-0.39, 0.29) is 5.28 Å². The predicted molar refractivity (Wildman–Crippen MR) is 137 cm³/mol. The maximum Gasteiger partial charge on any atom is 0.303 e. The summed E-state index contributed by atoms with van der Waals surface area (Å²) in [5.74, 6) is 0.217. The maximum atomic E-state index is 11.8. The fourth-order valence-electron chi connectivity index (χ4n) is 4.09. The summed E-state index contributed by atoms with van der Waals surface area (Å²) in [6.07, 6.45) is -2.02. The Bertz CT molecular complexity index is 1410. The first-order valence-corrected chi connectivity index (χ1v) is 12.6. The van der Waals surface area contributed by atoms with Gasteiger partial charge < -0.3 is 24.4 Å². The minimum atomic E-state index is -1.25. The van der Waals surface area contributed by atoms with E-state index in [0.29, 0.717) is 41.4 Å². The average molecular weight is 625 g/mol. The molecule has 5 rings (SSSR count). The predicted octanol–water partition coefficient (Wildman–Crippen LogP) is 3.81. The number of hydrogen-bond acceptors (Lipinski definition) is 10. The van der Waals surface area contributed by atoms with Crippen molar-refractivity contribution in [3.8, 4) is 0 Å². The second kappa shape index (κ2) is 10.3. The zero-order valence-corrected chi connectivity index (χ0v) is 22.2. The molecule has 11 nitrogen and oxygen atoms in total. The van der Waals surface area contributed by atoms with Crippen LogP contribution in [0.1, 0.15) is 43.2 Å². The molecule has 4 aromatic rings. The van der Waals surface area contributed by atoms with Gasteiger partial charge in [-0.2, -0.15) is 9.97 Å². The first-order chi connectivity index (χ1) is 17.3. The van der Waals surface area contributed by atoms with Gasteiger partial charge in [-0.15, -0.1) is 0 Å². The van der Waals surface area contributed by atoms with E-state index in [2.05, 4.69) is 54.1 Å². The third-order valence-corrected chi connectivity index (χ3v) is 6.59. The fourth-order valence-corrected chi connectivity index (χ4v) is 4.86. The van der Waals surface area contributed by atoms with Gasteiger partial charge in [0.1, 0.15) is 6.10 Å². The first-order valence-electron chi connectivity index (χ1n) is 11.2. The lowest BCUT2D eigenvalue weighted by molar-refractivity contribution is -0.153. The van der Waals surface area contributed by atoms with Crippen LogP contribution in [-0.4, -0.2) is 48.0 Å². The number of anilines is 1. The second-order valence-electron chi connectivity index (χ2n) is 8.23. The number of rotatable bonds is 7. The lowest BCUT2D eigenvalue weighted by Crippen LogP contribution is -2.33. The molecule has 4 heterocycles. The molecule has 36 heavy (non-hydrogen) atoms. The average Bonchev–Trinajstić information content (AvgIpc) is 3.55. The van der Waals surface area contributed by atoms with Crippen LogP contribution in [0, 0.1) is 3.57 Å². The van der Waals surface area contributed by atoms with Gasteiger partial charge in [0.2, 0.25) is 5.28 Å². The Morgan fingerprint density at radius 2 is 2.17 bits per heavy atom. The highest BCUT2D eigenvalue weighted by atomic mass is 127. The summed E-state index contributed by atoms with van der Waals surface area (Å²) in [6.45, 7) is 3.69. The van der Waals surface area contributed by atoms with E-state index in [4.69, 9.17) is 25.6 Å². The summed E-state index contributed by atoms with van der Waals surface area (Å²) in [6, 6.07) is 9.75. The minimum Gasteiger partial charge on any atom is -0.456 e. The number of esters is 1. The van der Waals surface area contributed by atoms with Crippen molar-refractivity contribution in [2.75, 3.05) is 5.32 Å². The van der Waals surface area contributed by atoms with Crippen LogP contribution in [0.4, 0.5) is 5.82 Å². The molecule has 3 aromatic heterocycles.